The summed E-state index contributed by atoms with van der Waals surface area (Å²) >= 11 is 13.2. The summed E-state index contributed by atoms with van der Waals surface area (Å²) in [6.07, 6.45) is 2.72. The Labute approximate surface area is 105 Å². The van der Waals surface area contributed by atoms with Crippen molar-refractivity contribution in [2.24, 2.45) is 0 Å². The Morgan fingerprint density at radius 1 is 0.923 bits per heavy atom. The van der Waals surface area contributed by atoms with Crippen LogP contribution in [-0.4, -0.2) is 15.2 Å². The van der Waals surface area contributed by atoms with Crippen molar-refractivity contribution < 1.29 is 0 Å². The zero-order valence-electron chi connectivity index (χ0n) is 7.10. The van der Waals surface area contributed by atoms with Gasteiger partial charge in [-0.1, -0.05) is 13.3 Å². The van der Waals surface area contributed by atoms with E-state index in [1.54, 1.807) is 0 Å². The summed E-state index contributed by atoms with van der Waals surface area (Å²) < 4.78 is 3.05. The molecule has 0 saturated carbocycles. The molecule has 0 N–H and O–H groups in total. The van der Waals surface area contributed by atoms with Crippen molar-refractivity contribution in [3.05, 3.63) is 0 Å². The Morgan fingerprint density at radius 3 is 1.77 bits per heavy atom. The van der Waals surface area contributed by atoms with Crippen LogP contribution in [0.15, 0.2) is 0 Å². The van der Waals surface area contributed by atoms with E-state index in [0.29, 0.717) is 3.41 Å². The monoisotopic (exact) mass is 286 g/mol. The van der Waals surface area contributed by atoms with Gasteiger partial charge in [-0.25, -0.2) is 0 Å². The van der Waals surface area contributed by atoms with E-state index in [2.05, 4.69) is 77.5 Å². The molecule has 13 heavy (non-hydrogen) atoms. The summed E-state index contributed by atoms with van der Waals surface area (Å²) in [6, 6.07) is 0. The van der Waals surface area contributed by atoms with Gasteiger partial charge in [-0.3, -0.25) is 0 Å². The Balaban J connectivity index is 1.83. The highest BCUT2D eigenvalue weighted by molar-refractivity contribution is 8.62. The minimum Gasteiger partial charge on any atom is -0.111 e. The Bertz CT molecular complexity index is 182. The molecule has 6 heteroatoms. The fraction of sp³-hybridized carbons (Fsp3) is 1.00. The van der Waals surface area contributed by atoms with Crippen molar-refractivity contribution in [3.8, 4) is 0 Å². The number of hydrogen-bond donors (Lipinski definition) is 0. The van der Waals surface area contributed by atoms with Crippen LogP contribution >= 0.6 is 70.6 Å². The van der Waals surface area contributed by atoms with Crippen molar-refractivity contribution >= 4 is 70.6 Å². The van der Waals surface area contributed by atoms with Crippen molar-refractivity contribution in [2.75, 3.05) is 0 Å². The van der Waals surface area contributed by atoms with Crippen LogP contribution in [0.25, 0.3) is 0 Å². The van der Waals surface area contributed by atoms with Gasteiger partial charge in [-0.15, -0.1) is 70.6 Å². The molecule has 4 heterocycles. The van der Waals surface area contributed by atoms with Gasteiger partial charge in [-0.05, 0) is 6.42 Å². The number of hydrogen-bond acceptors (Lipinski definition) is 6. The molecule has 4 aliphatic rings. The third-order valence-electron chi connectivity index (χ3n) is 2.05. The quantitative estimate of drug-likeness (QED) is 0.714. The van der Waals surface area contributed by atoms with Crippen molar-refractivity contribution in [2.45, 2.75) is 34.9 Å². The average molecular weight is 287 g/mol. The van der Waals surface area contributed by atoms with Crippen LogP contribution in [0.2, 0.25) is 0 Å². The van der Waals surface area contributed by atoms with E-state index in [9.17, 15) is 0 Å². The summed E-state index contributed by atoms with van der Waals surface area (Å²) in [5.74, 6) is 0. The lowest BCUT2D eigenvalue weighted by atomic mass is 10.4. The number of thioether (sulfide) groups is 6. The largest absolute Gasteiger partial charge is 0.112 e. The maximum atomic E-state index is 2.31. The number of rotatable bonds is 2. The fourth-order valence-electron chi connectivity index (χ4n) is 1.54. The third-order valence-corrected chi connectivity index (χ3v) is 13.1. The molecule has 0 aromatic heterocycles. The summed E-state index contributed by atoms with van der Waals surface area (Å²) in [5.41, 5.74) is 0. The first-order chi connectivity index (χ1) is 6.30. The van der Waals surface area contributed by atoms with E-state index in [-0.39, 0.29) is 0 Å². The van der Waals surface area contributed by atoms with Crippen LogP contribution < -0.4 is 0 Å². The average Bonchev–Trinajstić information content (AvgIpc) is 2.00. The summed E-state index contributed by atoms with van der Waals surface area (Å²) in [6.45, 7) is 2.31. The Kier molecular flexibility index (Phi) is 3.03. The second kappa shape index (κ2) is 3.84. The molecule has 0 radical (unpaired) electrons. The van der Waals surface area contributed by atoms with Gasteiger partial charge in [0.2, 0.25) is 0 Å². The van der Waals surface area contributed by atoms with Crippen LogP contribution in [0, 0.1) is 0 Å². The van der Waals surface area contributed by atoms with Crippen molar-refractivity contribution in [1.29, 1.82) is 0 Å². The smallest absolute Gasteiger partial charge is 0.111 e. The second-order valence-corrected chi connectivity index (χ2v) is 14.4. The normalized spacial score (nSPS) is 52.8. The van der Waals surface area contributed by atoms with Gasteiger partial charge >= 0.3 is 0 Å². The minimum absolute atomic E-state index is 0.538. The molecule has 0 amide bonds. The zero-order valence-corrected chi connectivity index (χ0v) is 12.0. The van der Waals surface area contributed by atoms with Crippen molar-refractivity contribution in [1.82, 2.24) is 0 Å². The molecule has 0 aromatic rings. The lowest BCUT2D eigenvalue weighted by molar-refractivity contribution is 0.841. The van der Waals surface area contributed by atoms with Gasteiger partial charge in [0, 0.05) is 0 Å². The Hall–Kier alpha value is 2.10. The minimum atomic E-state index is 0.538. The van der Waals surface area contributed by atoms with Crippen LogP contribution in [-0.2, 0) is 0 Å². The summed E-state index contributed by atoms with van der Waals surface area (Å²) in [4.78, 5) is 0. The SMILES string of the molecule is CCCC12SC3SC(SC(S3)S1)S2. The van der Waals surface area contributed by atoms with Gasteiger partial charge in [0.1, 0.15) is 15.2 Å². The lowest BCUT2D eigenvalue weighted by Crippen LogP contribution is -2.36. The van der Waals surface area contributed by atoms with Crippen LogP contribution in [0.5, 0.6) is 0 Å². The van der Waals surface area contributed by atoms with Gasteiger partial charge in [0.05, 0.1) is 0 Å². The highest BCUT2D eigenvalue weighted by Gasteiger charge is 2.54. The van der Waals surface area contributed by atoms with Gasteiger partial charge in [0.25, 0.3) is 0 Å². The van der Waals surface area contributed by atoms with E-state index in [1.807, 2.05) is 0 Å². The van der Waals surface area contributed by atoms with Gasteiger partial charge < -0.3 is 0 Å². The molecule has 0 unspecified atom stereocenters. The molecule has 4 fully saturated rings. The predicted molar refractivity (Wildman–Crippen MR) is 74.5 cm³/mol. The highest BCUT2D eigenvalue weighted by atomic mass is 32.4. The Morgan fingerprint density at radius 2 is 1.38 bits per heavy atom. The van der Waals surface area contributed by atoms with Crippen molar-refractivity contribution in [3.63, 3.8) is 0 Å². The van der Waals surface area contributed by atoms with Gasteiger partial charge in [-0.2, -0.15) is 0 Å². The highest BCUT2D eigenvalue weighted by Crippen LogP contribution is 2.77. The molecule has 0 aliphatic carbocycles. The van der Waals surface area contributed by atoms with E-state index in [4.69, 9.17) is 0 Å². The zero-order chi connectivity index (χ0) is 8.89. The molecule has 0 atom stereocenters. The van der Waals surface area contributed by atoms with Crippen LogP contribution in [0.1, 0.15) is 19.8 Å². The van der Waals surface area contributed by atoms with Gasteiger partial charge in [0.15, 0.2) is 0 Å². The molecule has 0 nitrogen and oxygen atoms in total. The second-order valence-electron chi connectivity index (χ2n) is 3.06. The maximum Gasteiger partial charge on any atom is 0.112 e. The molecule has 4 aliphatic heterocycles. The molecule has 0 spiro atoms. The molecule has 4 saturated heterocycles. The molecular formula is C7H10S6. The first kappa shape index (κ1) is 10.3. The van der Waals surface area contributed by atoms with E-state index in [1.165, 1.54) is 12.8 Å². The van der Waals surface area contributed by atoms with E-state index in [0.717, 1.165) is 11.7 Å². The maximum absolute atomic E-state index is 2.31. The standard InChI is InChI=1S/C7H10S6/c1-2-3-7-11-4-8-5(12-7)10-6(9-4)13-7/h4-6H,2-3H2,1H3. The molecule has 0 aromatic carbocycles. The topological polar surface area (TPSA) is 0 Å². The lowest BCUT2D eigenvalue weighted by Gasteiger charge is -2.53. The molecular weight excluding hydrogens is 276 g/mol. The first-order valence-electron chi connectivity index (χ1n) is 4.29. The van der Waals surface area contributed by atoms with Crippen LogP contribution in [0.4, 0.5) is 0 Å². The summed E-state index contributed by atoms with van der Waals surface area (Å²) in [7, 11) is 0. The first-order valence-corrected chi connectivity index (χ1v) is 9.76. The fourth-order valence-corrected chi connectivity index (χ4v) is 20.1. The molecule has 4 bridgehead atoms. The van der Waals surface area contributed by atoms with Crippen LogP contribution in [0.3, 0.4) is 0 Å². The van der Waals surface area contributed by atoms with E-state index < -0.39 is 0 Å². The molecule has 74 valence electrons. The predicted octanol–water partition coefficient (Wildman–Crippen LogP) is 4.73. The third kappa shape index (κ3) is 1.88. The molecule has 4 rings (SSSR count). The summed E-state index contributed by atoms with van der Waals surface area (Å²) in [5, 5.41) is 0. The van der Waals surface area contributed by atoms with E-state index >= 15 is 0 Å².